The molecule has 0 bridgehead atoms. The second-order valence-electron chi connectivity index (χ2n) is 2.93. The van der Waals surface area contributed by atoms with Gasteiger partial charge in [0.15, 0.2) is 0 Å². The third kappa shape index (κ3) is 5.73. The summed E-state index contributed by atoms with van der Waals surface area (Å²) >= 11 is 0. The summed E-state index contributed by atoms with van der Waals surface area (Å²) < 4.78 is 0. The van der Waals surface area contributed by atoms with Crippen molar-refractivity contribution in [1.82, 2.24) is 0 Å². The van der Waals surface area contributed by atoms with Crippen LogP contribution in [0.25, 0.3) is 0 Å². The Morgan fingerprint density at radius 3 is 2.31 bits per heavy atom. The Labute approximate surface area is 77.7 Å². The molecule has 0 aromatic carbocycles. The van der Waals surface area contributed by atoms with Crippen LogP contribution in [0.4, 0.5) is 0 Å². The molecule has 0 amide bonds. The molecule has 0 spiro atoms. The van der Waals surface area contributed by atoms with E-state index in [9.17, 15) is 4.79 Å². The summed E-state index contributed by atoms with van der Waals surface area (Å²) in [4.78, 5) is 10.4. The van der Waals surface area contributed by atoms with Gasteiger partial charge in [0.05, 0.1) is 5.92 Å². The monoisotopic (exact) mass is 182 g/mol. The van der Waals surface area contributed by atoms with Crippen molar-refractivity contribution >= 4 is 5.97 Å². The molecule has 0 fully saturated rings. The van der Waals surface area contributed by atoms with Crippen LogP contribution in [0, 0.1) is 5.92 Å². The maximum absolute atomic E-state index is 10.4. The van der Waals surface area contributed by atoms with Crippen molar-refractivity contribution in [2.24, 2.45) is 5.92 Å². The van der Waals surface area contributed by atoms with Crippen LogP contribution in [0.15, 0.2) is 36.6 Å². The molecule has 3 heteroatoms. The fourth-order valence-corrected chi connectivity index (χ4v) is 0.763. The number of aliphatic carboxylic acids is 1. The summed E-state index contributed by atoms with van der Waals surface area (Å²) in [5.41, 5.74) is 0.658. The predicted molar refractivity (Wildman–Crippen MR) is 51.5 cm³/mol. The van der Waals surface area contributed by atoms with Crippen LogP contribution in [0.3, 0.4) is 0 Å². The van der Waals surface area contributed by atoms with Crippen LogP contribution in [0.1, 0.15) is 13.3 Å². The third-order valence-corrected chi connectivity index (χ3v) is 1.50. The van der Waals surface area contributed by atoms with Crippen LogP contribution in [-0.2, 0) is 4.79 Å². The van der Waals surface area contributed by atoms with Crippen molar-refractivity contribution in [3.63, 3.8) is 0 Å². The van der Waals surface area contributed by atoms with Crippen LogP contribution in [0.2, 0.25) is 0 Å². The first kappa shape index (κ1) is 11.5. The van der Waals surface area contributed by atoms with Crippen molar-refractivity contribution in [2.45, 2.75) is 13.3 Å². The van der Waals surface area contributed by atoms with Crippen LogP contribution >= 0.6 is 0 Å². The lowest BCUT2D eigenvalue weighted by atomic mass is 10.0. The molecule has 0 aliphatic rings. The molecule has 0 aliphatic carbocycles. The van der Waals surface area contributed by atoms with Gasteiger partial charge in [0.25, 0.3) is 0 Å². The number of aliphatic hydroxyl groups is 1. The highest BCUT2D eigenvalue weighted by atomic mass is 16.4. The standard InChI is InChI=1S/C10H14O3/c1-7(4-5-9(3)11)6-8(2)10(12)13/h4-5,8,11H,1,3,6H2,2H3,(H,12,13)/b5-4-. The minimum atomic E-state index is -0.850. The van der Waals surface area contributed by atoms with Crippen molar-refractivity contribution in [3.05, 3.63) is 36.6 Å². The maximum Gasteiger partial charge on any atom is 0.306 e. The van der Waals surface area contributed by atoms with E-state index in [0.717, 1.165) is 0 Å². The average molecular weight is 182 g/mol. The van der Waals surface area contributed by atoms with E-state index in [1.807, 2.05) is 0 Å². The Morgan fingerprint density at radius 2 is 1.92 bits per heavy atom. The molecular weight excluding hydrogens is 168 g/mol. The number of carboxylic acids is 1. The second kappa shape index (κ2) is 5.19. The van der Waals surface area contributed by atoms with E-state index in [1.165, 1.54) is 6.08 Å². The number of rotatable bonds is 5. The molecule has 2 N–H and O–H groups in total. The number of hydrogen-bond donors (Lipinski definition) is 2. The molecule has 0 aromatic heterocycles. The highest BCUT2D eigenvalue weighted by Crippen LogP contribution is 2.11. The number of hydrogen-bond acceptors (Lipinski definition) is 2. The normalized spacial score (nSPS) is 12.7. The molecule has 72 valence electrons. The Kier molecular flexibility index (Phi) is 4.59. The summed E-state index contributed by atoms with van der Waals surface area (Å²) in [6.07, 6.45) is 3.32. The first-order valence-electron chi connectivity index (χ1n) is 3.90. The Morgan fingerprint density at radius 1 is 1.38 bits per heavy atom. The Balaban J connectivity index is 4.02. The van der Waals surface area contributed by atoms with Crippen LogP contribution < -0.4 is 0 Å². The highest BCUT2D eigenvalue weighted by Gasteiger charge is 2.10. The number of carboxylic acid groups (broad SMARTS) is 1. The first-order valence-corrected chi connectivity index (χ1v) is 3.90. The lowest BCUT2D eigenvalue weighted by Gasteiger charge is -2.04. The van der Waals surface area contributed by atoms with Gasteiger partial charge >= 0.3 is 5.97 Å². The molecule has 0 rings (SSSR count). The smallest absolute Gasteiger partial charge is 0.306 e. The van der Waals surface area contributed by atoms with E-state index < -0.39 is 11.9 Å². The van der Waals surface area contributed by atoms with E-state index >= 15 is 0 Å². The molecular formula is C10H14O3. The van der Waals surface area contributed by atoms with Crippen molar-refractivity contribution < 1.29 is 15.0 Å². The van der Waals surface area contributed by atoms with Gasteiger partial charge in [-0.2, -0.15) is 0 Å². The van der Waals surface area contributed by atoms with Crippen molar-refractivity contribution in [2.75, 3.05) is 0 Å². The van der Waals surface area contributed by atoms with E-state index in [0.29, 0.717) is 12.0 Å². The van der Waals surface area contributed by atoms with E-state index in [4.69, 9.17) is 10.2 Å². The summed E-state index contributed by atoms with van der Waals surface area (Å²) in [5.74, 6) is -1.37. The largest absolute Gasteiger partial charge is 0.509 e. The zero-order chi connectivity index (χ0) is 10.4. The Bertz CT molecular complexity index is 251. The topological polar surface area (TPSA) is 57.5 Å². The average Bonchev–Trinajstić information content (AvgIpc) is 2.00. The minimum Gasteiger partial charge on any atom is -0.509 e. The first-order chi connectivity index (χ1) is 5.93. The summed E-state index contributed by atoms with van der Waals surface area (Å²) in [6.45, 7) is 8.51. The molecule has 1 atom stereocenters. The lowest BCUT2D eigenvalue weighted by molar-refractivity contribution is -0.141. The summed E-state index contributed by atoms with van der Waals surface area (Å²) in [6, 6.07) is 0. The van der Waals surface area contributed by atoms with E-state index in [1.54, 1.807) is 13.0 Å². The Hall–Kier alpha value is -1.51. The van der Waals surface area contributed by atoms with Gasteiger partial charge in [-0.1, -0.05) is 31.7 Å². The van der Waals surface area contributed by atoms with Crippen LogP contribution in [0.5, 0.6) is 0 Å². The minimum absolute atomic E-state index is 0.0656. The highest BCUT2D eigenvalue weighted by molar-refractivity contribution is 5.69. The van der Waals surface area contributed by atoms with Gasteiger partial charge in [-0.3, -0.25) is 4.79 Å². The molecule has 3 nitrogen and oxygen atoms in total. The van der Waals surface area contributed by atoms with Gasteiger partial charge in [0, 0.05) is 0 Å². The van der Waals surface area contributed by atoms with E-state index in [2.05, 4.69) is 13.2 Å². The molecule has 0 radical (unpaired) electrons. The van der Waals surface area contributed by atoms with Crippen LogP contribution in [-0.4, -0.2) is 16.2 Å². The number of aliphatic hydroxyl groups excluding tert-OH is 1. The van der Waals surface area contributed by atoms with Gasteiger partial charge in [0.1, 0.15) is 5.76 Å². The maximum atomic E-state index is 10.4. The van der Waals surface area contributed by atoms with E-state index in [-0.39, 0.29) is 5.76 Å². The van der Waals surface area contributed by atoms with Gasteiger partial charge < -0.3 is 10.2 Å². The molecule has 0 saturated heterocycles. The summed E-state index contributed by atoms with van der Waals surface area (Å²) in [7, 11) is 0. The SMILES string of the molecule is C=C(O)/C=C\C(=C)CC(C)C(=O)O. The fourth-order valence-electron chi connectivity index (χ4n) is 0.763. The summed E-state index contributed by atoms with van der Waals surface area (Å²) in [5, 5.41) is 17.3. The zero-order valence-corrected chi connectivity index (χ0v) is 7.66. The molecule has 1 unspecified atom stereocenters. The quantitative estimate of drug-likeness (QED) is 0.506. The van der Waals surface area contributed by atoms with Gasteiger partial charge in [-0.25, -0.2) is 0 Å². The molecule has 0 saturated carbocycles. The molecule has 0 aliphatic heterocycles. The van der Waals surface area contributed by atoms with Gasteiger partial charge in [-0.05, 0) is 12.5 Å². The lowest BCUT2D eigenvalue weighted by Crippen LogP contribution is -2.09. The number of carbonyl (C=O) groups is 1. The third-order valence-electron chi connectivity index (χ3n) is 1.50. The van der Waals surface area contributed by atoms with Crippen molar-refractivity contribution in [3.8, 4) is 0 Å². The second-order valence-corrected chi connectivity index (χ2v) is 2.93. The van der Waals surface area contributed by atoms with Gasteiger partial charge in [0.2, 0.25) is 0 Å². The zero-order valence-electron chi connectivity index (χ0n) is 7.66. The van der Waals surface area contributed by atoms with Crippen molar-refractivity contribution in [1.29, 1.82) is 0 Å². The number of allylic oxidation sites excluding steroid dienone is 3. The predicted octanol–water partition coefficient (Wildman–Crippen LogP) is 2.28. The molecule has 0 aromatic rings. The fraction of sp³-hybridized carbons (Fsp3) is 0.300. The molecule has 0 heterocycles. The molecule has 13 heavy (non-hydrogen) atoms. The van der Waals surface area contributed by atoms with Gasteiger partial charge in [-0.15, -0.1) is 0 Å².